The van der Waals surface area contributed by atoms with Gasteiger partial charge >= 0.3 is 6.18 Å². The molecule has 0 aromatic heterocycles. The molecule has 1 unspecified atom stereocenters. The maximum Gasteiger partial charge on any atom is 0.421 e. The highest BCUT2D eigenvalue weighted by Gasteiger charge is 2.70. The number of carbonyl (C=O) groups is 3. The largest absolute Gasteiger partial charge is 0.421 e. The van der Waals surface area contributed by atoms with Crippen LogP contribution in [-0.4, -0.2) is 37.7 Å². The number of Topliss-reactive ketones (excluding diaryl/α,β-unsaturated/α-hetero) is 1. The van der Waals surface area contributed by atoms with Gasteiger partial charge in [0.1, 0.15) is 0 Å². The summed E-state index contributed by atoms with van der Waals surface area (Å²) in [5.74, 6) is -3.30. The molecule has 2 aromatic rings. The van der Waals surface area contributed by atoms with Crippen molar-refractivity contribution in [2.24, 2.45) is 0 Å². The van der Waals surface area contributed by atoms with Crippen molar-refractivity contribution in [1.82, 2.24) is 4.72 Å². The Bertz CT molecular complexity index is 1340. The molecule has 2 aromatic carbocycles. The second-order valence-electron chi connectivity index (χ2n) is 7.69. The molecule has 13 heteroatoms. The highest BCUT2D eigenvalue weighted by atomic mass is 35.5. The number of ketones is 1. The Hall–Kier alpha value is -3.22. The third kappa shape index (κ3) is 4.68. The highest BCUT2D eigenvalue weighted by Crippen LogP contribution is 2.47. The second-order valence-corrected chi connectivity index (χ2v) is 9.81. The van der Waals surface area contributed by atoms with E-state index >= 15 is 0 Å². The SMILES string of the molecule is CC(=O)Nc1ccc(S(=O)(=O)NC2(C(F)(F)F)C(=O)N(c3ccc(Cl)cc3)C(C)=C2C(C)=O)cc1. The molecule has 0 aliphatic carbocycles. The number of allylic oxidation sites excluding steroid dienone is 1. The lowest BCUT2D eigenvalue weighted by Gasteiger charge is -2.33. The van der Waals surface area contributed by atoms with E-state index in [0.29, 0.717) is 4.90 Å². The van der Waals surface area contributed by atoms with Gasteiger partial charge in [0.15, 0.2) is 5.78 Å². The molecule has 2 amide bonds. The first-order chi connectivity index (χ1) is 16.1. The standard InChI is InChI=1S/C22H19ClF3N3O5S/c1-12-19(13(2)30)21(22(24,25)26,20(32)29(12)17-8-4-15(23)5-9-17)28-35(33,34)18-10-6-16(7-11-18)27-14(3)31/h4-11,28H,1-3H3,(H,27,31). The van der Waals surface area contributed by atoms with Gasteiger partial charge in [0.25, 0.3) is 5.91 Å². The van der Waals surface area contributed by atoms with Crippen LogP contribution < -0.4 is 14.9 Å². The maximum absolute atomic E-state index is 14.6. The molecule has 1 aliphatic heterocycles. The molecule has 0 saturated heterocycles. The van der Waals surface area contributed by atoms with Gasteiger partial charge in [-0.15, -0.1) is 0 Å². The van der Waals surface area contributed by atoms with Crippen molar-refractivity contribution in [2.75, 3.05) is 10.2 Å². The van der Waals surface area contributed by atoms with Crippen LogP contribution in [0.15, 0.2) is 64.7 Å². The summed E-state index contributed by atoms with van der Waals surface area (Å²) < 4.78 is 71.5. The van der Waals surface area contributed by atoms with Crippen LogP contribution in [0.25, 0.3) is 0 Å². The molecule has 0 bridgehead atoms. The molecule has 0 fully saturated rings. The zero-order valence-electron chi connectivity index (χ0n) is 18.5. The van der Waals surface area contributed by atoms with Crippen molar-refractivity contribution < 1.29 is 36.0 Å². The van der Waals surface area contributed by atoms with E-state index in [2.05, 4.69) is 5.32 Å². The van der Waals surface area contributed by atoms with E-state index in [0.717, 1.165) is 26.0 Å². The van der Waals surface area contributed by atoms with Crippen molar-refractivity contribution >= 4 is 50.6 Å². The van der Waals surface area contributed by atoms with Gasteiger partial charge in [-0.25, -0.2) is 8.42 Å². The first kappa shape index (κ1) is 26.4. The number of rotatable bonds is 6. The number of sulfonamides is 1. The zero-order chi connectivity index (χ0) is 26.3. The molecule has 35 heavy (non-hydrogen) atoms. The van der Waals surface area contributed by atoms with Crippen LogP contribution in [0.1, 0.15) is 20.8 Å². The quantitative estimate of drug-likeness (QED) is 0.591. The molecular weight excluding hydrogens is 511 g/mol. The van der Waals surface area contributed by atoms with Gasteiger partial charge in [-0.2, -0.15) is 17.9 Å². The predicted octanol–water partition coefficient (Wildman–Crippen LogP) is 3.79. The number of nitrogens with one attached hydrogen (secondary N) is 2. The Morgan fingerprint density at radius 3 is 2.00 bits per heavy atom. The zero-order valence-corrected chi connectivity index (χ0v) is 20.1. The third-order valence-electron chi connectivity index (χ3n) is 5.23. The predicted molar refractivity (Wildman–Crippen MR) is 122 cm³/mol. The van der Waals surface area contributed by atoms with Crippen LogP contribution in [0.3, 0.4) is 0 Å². The van der Waals surface area contributed by atoms with E-state index in [1.54, 1.807) is 0 Å². The van der Waals surface area contributed by atoms with E-state index in [4.69, 9.17) is 11.6 Å². The van der Waals surface area contributed by atoms with Crippen molar-refractivity contribution in [3.05, 3.63) is 64.8 Å². The summed E-state index contributed by atoms with van der Waals surface area (Å²) in [4.78, 5) is 37.0. The summed E-state index contributed by atoms with van der Waals surface area (Å²) >= 11 is 5.83. The van der Waals surface area contributed by atoms with Gasteiger partial charge in [0.05, 0.1) is 10.5 Å². The van der Waals surface area contributed by atoms with E-state index in [-0.39, 0.29) is 22.1 Å². The Balaban J connectivity index is 2.17. The summed E-state index contributed by atoms with van der Waals surface area (Å²) in [5.41, 5.74) is -5.15. The molecule has 8 nitrogen and oxygen atoms in total. The minimum atomic E-state index is -5.53. The topological polar surface area (TPSA) is 113 Å². The van der Waals surface area contributed by atoms with Gasteiger partial charge in [0.2, 0.25) is 21.5 Å². The third-order valence-corrected chi connectivity index (χ3v) is 6.95. The Kier molecular flexibility index (Phi) is 6.86. The molecule has 1 aliphatic rings. The molecule has 2 N–H and O–H groups in total. The van der Waals surface area contributed by atoms with Crippen molar-refractivity contribution in [1.29, 1.82) is 0 Å². The van der Waals surface area contributed by atoms with Gasteiger partial charge in [-0.1, -0.05) is 11.6 Å². The first-order valence-electron chi connectivity index (χ1n) is 9.92. The molecule has 0 radical (unpaired) electrons. The van der Waals surface area contributed by atoms with Crippen LogP contribution >= 0.6 is 11.6 Å². The van der Waals surface area contributed by atoms with Gasteiger partial charge in [0, 0.05) is 29.0 Å². The smallest absolute Gasteiger partial charge is 0.326 e. The van der Waals surface area contributed by atoms with Crippen LogP contribution in [0, 0.1) is 0 Å². The number of hydrogen-bond acceptors (Lipinski definition) is 5. The van der Waals surface area contributed by atoms with Crippen LogP contribution in [-0.2, 0) is 24.4 Å². The minimum Gasteiger partial charge on any atom is -0.326 e. The Labute approximate surface area is 203 Å². The maximum atomic E-state index is 14.6. The van der Waals surface area contributed by atoms with E-state index < -0.39 is 49.8 Å². The molecule has 0 spiro atoms. The molecule has 1 atom stereocenters. The van der Waals surface area contributed by atoms with Crippen molar-refractivity contribution in [2.45, 2.75) is 37.4 Å². The van der Waals surface area contributed by atoms with Gasteiger partial charge < -0.3 is 5.32 Å². The highest BCUT2D eigenvalue weighted by molar-refractivity contribution is 7.89. The summed E-state index contributed by atoms with van der Waals surface area (Å²) in [7, 11) is -5.00. The monoisotopic (exact) mass is 529 g/mol. The number of alkyl halides is 3. The molecular formula is C22H19ClF3N3O5S. The van der Waals surface area contributed by atoms with Crippen LogP contribution in [0.2, 0.25) is 5.02 Å². The summed E-state index contributed by atoms with van der Waals surface area (Å²) in [6, 6.07) is 9.44. The average Bonchev–Trinajstić information content (AvgIpc) is 2.95. The fraction of sp³-hybridized carbons (Fsp3) is 0.227. The van der Waals surface area contributed by atoms with Gasteiger partial charge in [-0.05, 0) is 62.4 Å². The lowest BCUT2D eigenvalue weighted by Crippen LogP contribution is -2.66. The van der Waals surface area contributed by atoms with Gasteiger partial charge in [-0.3, -0.25) is 19.3 Å². The summed E-state index contributed by atoms with van der Waals surface area (Å²) in [5, 5.41) is 2.64. The number of anilines is 2. The molecule has 1 heterocycles. The van der Waals surface area contributed by atoms with Crippen LogP contribution in [0.5, 0.6) is 0 Å². The number of hydrogen-bond donors (Lipinski definition) is 2. The van der Waals surface area contributed by atoms with E-state index in [1.807, 2.05) is 0 Å². The second kappa shape index (κ2) is 9.10. The number of carbonyl (C=O) groups excluding carboxylic acids is 3. The molecule has 0 saturated carbocycles. The normalized spacial score (nSPS) is 18.7. The van der Waals surface area contributed by atoms with Crippen molar-refractivity contribution in [3.8, 4) is 0 Å². The number of amides is 2. The number of benzene rings is 2. The fourth-order valence-corrected chi connectivity index (χ4v) is 5.27. The molecule has 3 rings (SSSR count). The lowest BCUT2D eigenvalue weighted by molar-refractivity contribution is -0.183. The summed E-state index contributed by atoms with van der Waals surface area (Å²) in [6.07, 6.45) is -5.53. The van der Waals surface area contributed by atoms with Crippen LogP contribution in [0.4, 0.5) is 24.5 Å². The Morgan fingerprint density at radius 2 is 1.54 bits per heavy atom. The lowest BCUT2D eigenvalue weighted by atomic mass is 9.88. The fourth-order valence-electron chi connectivity index (χ4n) is 3.83. The number of nitrogens with zero attached hydrogens (tertiary/aromatic N) is 1. The summed E-state index contributed by atoms with van der Waals surface area (Å²) in [6.45, 7) is 3.15. The average molecular weight is 530 g/mol. The van der Waals surface area contributed by atoms with Crippen molar-refractivity contribution in [3.63, 3.8) is 0 Å². The Morgan fingerprint density at radius 1 is 1.00 bits per heavy atom. The molecule has 186 valence electrons. The van der Waals surface area contributed by atoms with E-state index in [9.17, 15) is 36.0 Å². The minimum absolute atomic E-state index is 0.0411. The van der Waals surface area contributed by atoms with E-state index in [1.165, 1.54) is 48.0 Å². The first-order valence-corrected chi connectivity index (χ1v) is 11.8. The number of halogens is 4.